The summed E-state index contributed by atoms with van der Waals surface area (Å²) in [5.74, 6) is -0.687. The zero-order valence-corrected chi connectivity index (χ0v) is 7.25. The van der Waals surface area contributed by atoms with Crippen LogP contribution < -0.4 is 4.74 Å². The minimum Gasteiger partial charge on any atom is -0.481 e. The van der Waals surface area contributed by atoms with Crippen molar-refractivity contribution in [3.05, 3.63) is 29.8 Å². The van der Waals surface area contributed by atoms with Gasteiger partial charge in [-0.25, -0.2) is 4.79 Å². The molecule has 0 fully saturated rings. The summed E-state index contributed by atoms with van der Waals surface area (Å²) in [5.41, 5.74) is 0.524. The maximum absolute atomic E-state index is 10.2. The minimum absolute atomic E-state index is 0.368. The molecule has 5 heteroatoms. The molecule has 0 unspecified atom stereocenters. The standard InChI is InChI=1S/C9H9NO4/c11-9(12)6-14-8-4-2-1-3-7(8)5-10-13/h1-5,13H,6H2,(H,11,12). The maximum Gasteiger partial charge on any atom is 0.341 e. The van der Waals surface area contributed by atoms with Gasteiger partial charge in [-0.05, 0) is 12.1 Å². The molecule has 0 heterocycles. The molecular weight excluding hydrogens is 186 g/mol. The highest BCUT2D eigenvalue weighted by molar-refractivity contribution is 5.83. The smallest absolute Gasteiger partial charge is 0.341 e. The highest BCUT2D eigenvalue weighted by Crippen LogP contribution is 2.15. The van der Waals surface area contributed by atoms with E-state index in [9.17, 15) is 4.79 Å². The Morgan fingerprint density at radius 2 is 2.21 bits per heavy atom. The molecular formula is C9H9NO4. The van der Waals surface area contributed by atoms with Crippen LogP contribution in [0, 0.1) is 0 Å². The molecule has 0 radical (unpaired) electrons. The van der Waals surface area contributed by atoms with Gasteiger partial charge in [0.25, 0.3) is 0 Å². The molecule has 0 saturated heterocycles. The summed E-state index contributed by atoms with van der Waals surface area (Å²) in [7, 11) is 0. The summed E-state index contributed by atoms with van der Waals surface area (Å²) in [5, 5.41) is 19.5. The van der Waals surface area contributed by atoms with Crippen molar-refractivity contribution >= 4 is 12.2 Å². The lowest BCUT2D eigenvalue weighted by molar-refractivity contribution is -0.139. The van der Waals surface area contributed by atoms with Crippen LogP contribution in [-0.4, -0.2) is 29.1 Å². The van der Waals surface area contributed by atoms with Gasteiger partial charge >= 0.3 is 5.97 Å². The molecule has 0 spiro atoms. The molecule has 0 saturated carbocycles. The largest absolute Gasteiger partial charge is 0.481 e. The molecule has 0 aromatic heterocycles. The average molecular weight is 195 g/mol. The quantitative estimate of drug-likeness (QED) is 0.426. The van der Waals surface area contributed by atoms with Crippen molar-refractivity contribution < 1.29 is 19.8 Å². The molecule has 1 aromatic carbocycles. The number of ether oxygens (including phenoxy) is 1. The molecule has 0 amide bonds. The summed E-state index contributed by atoms with van der Waals surface area (Å²) < 4.78 is 4.95. The second kappa shape index (κ2) is 4.86. The van der Waals surface area contributed by atoms with Gasteiger partial charge in [-0.1, -0.05) is 17.3 Å². The first-order valence-electron chi connectivity index (χ1n) is 3.85. The molecule has 0 aliphatic heterocycles. The fourth-order valence-corrected chi connectivity index (χ4v) is 0.920. The third-order valence-corrected chi connectivity index (χ3v) is 1.47. The van der Waals surface area contributed by atoms with E-state index in [1.54, 1.807) is 24.3 Å². The molecule has 0 atom stereocenters. The lowest BCUT2D eigenvalue weighted by atomic mass is 10.2. The Morgan fingerprint density at radius 1 is 1.50 bits per heavy atom. The number of aliphatic carboxylic acids is 1. The van der Waals surface area contributed by atoms with Crippen molar-refractivity contribution in [1.82, 2.24) is 0 Å². The number of hydrogen-bond acceptors (Lipinski definition) is 4. The van der Waals surface area contributed by atoms with Gasteiger partial charge < -0.3 is 15.1 Å². The molecule has 0 aliphatic rings. The van der Waals surface area contributed by atoms with E-state index in [0.717, 1.165) is 0 Å². The predicted molar refractivity (Wildman–Crippen MR) is 49.0 cm³/mol. The first kappa shape index (κ1) is 10.0. The van der Waals surface area contributed by atoms with Crippen LogP contribution in [-0.2, 0) is 4.79 Å². The molecule has 14 heavy (non-hydrogen) atoms. The molecule has 1 aromatic rings. The number of benzene rings is 1. The summed E-state index contributed by atoms with van der Waals surface area (Å²) in [6.45, 7) is -0.420. The van der Waals surface area contributed by atoms with Crippen molar-refractivity contribution in [2.75, 3.05) is 6.61 Å². The van der Waals surface area contributed by atoms with E-state index in [0.29, 0.717) is 11.3 Å². The third-order valence-electron chi connectivity index (χ3n) is 1.47. The van der Waals surface area contributed by atoms with Crippen LogP contribution >= 0.6 is 0 Å². The first-order chi connectivity index (χ1) is 6.74. The van der Waals surface area contributed by atoms with E-state index in [1.807, 2.05) is 0 Å². The molecule has 5 nitrogen and oxygen atoms in total. The number of carboxylic acids is 1. The number of rotatable bonds is 4. The van der Waals surface area contributed by atoms with Crippen LogP contribution in [0.25, 0.3) is 0 Å². The van der Waals surface area contributed by atoms with Crippen LogP contribution in [0.3, 0.4) is 0 Å². The Kier molecular flexibility index (Phi) is 3.49. The van der Waals surface area contributed by atoms with E-state index >= 15 is 0 Å². The molecule has 0 aliphatic carbocycles. The number of nitrogens with zero attached hydrogens (tertiary/aromatic N) is 1. The van der Waals surface area contributed by atoms with Crippen LogP contribution in [0.4, 0.5) is 0 Å². The highest BCUT2D eigenvalue weighted by Gasteiger charge is 2.02. The van der Waals surface area contributed by atoms with Crippen molar-refractivity contribution in [3.8, 4) is 5.75 Å². The summed E-state index contributed by atoms with van der Waals surface area (Å²) in [4.78, 5) is 10.2. The van der Waals surface area contributed by atoms with Gasteiger partial charge in [-0.2, -0.15) is 0 Å². The van der Waals surface area contributed by atoms with E-state index in [-0.39, 0.29) is 0 Å². The van der Waals surface area contributed by atoms with Gasteiger partial charge in [0, 0.05) is 5.56 Å². The van der Waals surface area contributed by atoms with Crippen LogP contribution in [0.15, 0.2) is 29.4 Å². The lowest BCUT2D eigenvalue weighted by Crippen LogP contribution is -2.10. The number of para-hydroxylation sites is 1. The van der Waals surface area contributed by atoms with E-state index in [1.165, 1.54) is 6.21 Å². The van der Waals surface area contributed by atoms with E-state index < -0.39 is 12.6 Å². The van der Waals surface area contributed by atoms with Crippen LogP contribution in [0.5, 0.6) is 5.75 Å². The van der Waals surface area contributed by atoms with Crippen molar-refractivity contribution in [2.24, 2.45) is 5.16 Å². The monoisotopic (exact) mass is 195 g/mol. The minimum atomic E-state index is -1.05. The van der Waals surface area contributed by atoms with Gasteiger partial charge in [0.1, 0.15) is 5.75 Å². The summed E-state index contributed by atoms with van der Waals surface area (Å²) >= 11 is 0. The van der Waals surface area contributed by atoms with Crippen molar-refractivity contribution in [1.29, 1.82) is 0 Å². The maximum atomic E-state index is 10.2. The Balaban J connectivity index is 2.79. The third kappa shape index (κ3) is 2.78. The van der Waals surface area contributed by atoms with Gasteiger partial charge in [0.05, 0.1) is 6.21 Å². The zero-order valence-electron chi connectivity index (χ0n) is 7.25. The Hall–Kier alpha value is -2.04. The second-order valence-electron chi connectivity index (χ2n) is 2.46. The van der Waals surface area contributed by atoms with Gasteiger partial charge in [0.2, 0.25) is 0 Å². The van der Waals surface area contributed by atoms with E-state index in [2.05, 4.69) is 5.16 Å². The number of hydrogen-bond donors (Lipinski definition) is 2. The Labute approximate surface area is 80.2 Å². The van der Waals surface area contributed by atoms with Gasteiger partial charge in [-0.3, -0.25) is 0 Å². The number of carboxylic acid groups (broad SMARTS) is 1. The normalized spacial score (nSPS) is 10.3. The van der Waals surface area contributed by atoms with Crippen LogP contribution in [0.2, 0.25) is 0 Å². The summed E-state index contributed by atoms with van der Waals surface area (Å²) in [6, 6.07) is 6.67. The van der Waals surface area contributed by atoms with Gasteiger partial charge in [0.15, 0.2) is 6.61 Å². The molecule has 74 valence electrons. The summed E-state index contributed by atoms with van der Waals surface area (Å²) in [6.07, 6.45) is 1.18. The highest BCUT2D eigenvalue weighted by atomic mass is 16.5. The first-order valence-corrected chi connectivity index (χ1v) is 3.85. The van der Waals surface area contributed by atoms with Crippen molar-refractivity contribution in [2.45, 2.75) is 0 Å². The zero-order chi connectivity index (χ0) is 10.4. The molecule has 1 rings (SSSR count). The Bertz CT molecular complexity index is 348. The van der Waals surface area contributed by atoms with Crippen molar-refractivity contribution in [3.63, 3.8) is 0 Å². The number of oxime groups is 1. The topological polar surface area (TPSA) is 79.1 Å². The molecule has 0 bridgehead atoms. The molecule has 2 N–H and O–H groups in total. The van der Waals surface area contributed by atoms with Crippen LogP contribution in [0.1, 0.15) is 5.56 Å². The second-order valence-corrected chi connectivity index (χ2v) is 2.46. The fraction of sp³-hybridized carbons (Fsp3) is 0.111. The average Bonchev–Trinajstić information content (AvgIpc) is 2.17. The lowest BCUT2D eigenvalue weighted by Gasteiger charge is -2.05. The number of carbonyl (C=O) groups is 1. The SMILES string of the molecule is O=C(O)COc1ccccc1C=NO. The van der Waals surface area contributed by atoms with E-state index in [4.69, 9.17) is 15.1 Å². The van der Waals surface area contributed by atoms with Gasteiger partial charge in [-0.15, -0.1) is 0 Å². The predicted octanol–water partition coefficient (Wildman–Crippen LogP) is 0.958. The fourth-order valence-electron chi connectivity index (χ4n) is 0.920. The Morgan fingerprint density at radius 3 is 2.86 bits per heavy atom.